The molecule has 1 atom stereocenters. The minimum absolute atomic E-state index is 0.0275. The van der Waals surface area contributed by atoms with Crippen molar-refractivity contribution in [1.29, 1.82) is 0 Å². The molecule has 4 nitrogen and oxygen atoms in total. The summed E-state index contributed by atoms with van der Waals surface area (Å²) in [5.41, 5.74) is -1.16. The minimum atomic E-state index is -1.41. The number of nitrogens with one attached hydrogen (secondary N) is 1. The quantitative estimate of drug-likeness (QED) is 0.712. The first kappa shape index (κ1) is 12.4. The molecular weight excluding hydrogens is 213 g/mol. The Bertz CT molecular complexity index is 379. The normalized spacial score (nSPS) is 14.2. The van der Waals surface area contributed by atoms with Crippen molar-refractivity contribution >= 4 is 11.7 Å². The molecule has 0 aliphatic heterocycles. The van der Waals surface area contributed by atoms with Gasteiger partial charge in [-0.25, -0.2) is 4.39 Å². The van der Waals surface area contributed by atoms with E-state index in [1.54, 1.807) is 12.1 Å². The maximum atomic E-state index is 13.2. The van der Waals surface area contributed by atoms with Crippen LogP contribution in [0.3, 0.4) is 0 Å². The fraction of sp³-hybridized carbons (Fsp3) is 0.364. The first-order chi connectivity index (χ1) is 7.41. The van der Waals surface area contributed by atoms with Gasteiger partial charge in [0.1, 0.15) is 5.82 Å². The SMILES string of the molecule is CC(O)(CNc1ccccc1F)CC(=O)O. The van der Waals surface area contributed by atoms with Gasteiger partial charge in [0.15, 0.2) is 0 Å². The van der Waals surface area contributed by atoms with Crippen LogP contribution < -0.4 is 5.32 Å². The third-order valence-electron chi connectivity index (χ3n) is 2.07. The van der Waals surface area contributed by atoms with Crippen LogP contribution in [0.25, 0.3) is 0 Å². The highest BCUT2D eigenvalue weighted by Gasteiger charge is 2.24. The molecule has 0 saturated carbocycles. The lowest BCUT2D eigenvalue weighted by Gasteiger charge is -2.22. The van der Waals surface area contributed by atoms with Gasteiger partial charge in [-0.05, 0) is 19.1 Å². The Morgan fingerprint density at radius 2 is 2.12 bits per heavy atom. The third-order valence-corrected chi connectivity index (χ3v) is 2.07. The molecule has 5 heteroatoms. The summed E-state index contributed by atoms with van der Waals surface area (Å²) in [5, 5.41) is 20.9. The molecule has 1 rings (SSSR count). The second-order valence-electron chi connectivity index (χ2n) is 3.90. The summed E-state index contributed by atoms with van der Waals surface area (Å²) in [6, 6.07) is 6.01. The van der Waals surface area contributed by atoms with E-state index in [1.165, 1.54) is 19.1 Å². The Balaban J connectivity index is 2.57. The molecule has 1 unspecified atom stereocenters. The fourth-order valence-corrected chi connectivity index (χ4v) is 1.28. The summed E-state index contributed by atoms with van der Waals surface area (Å²) in [6.07, 6.45) is -0.394. The van der Waals surface area contributed by atoms with Crippen molar-refractivity contribution in [3.8, 4) is 0 Å². The summed E-state index contributed by atoms with van der Waals surface area (Å²) < 4.78 is 13.2. The van der Waals surface area contributed by atoms with E-state index >= 15 is 0 Å². The van der Waals surface area contributed by atoms with E-state index in [0.717, 1.165) is 0 Å². The van der Waals surface area contributed by atoms with Crippen molar-refractivity contribution < 1.29 is 19.4 Å². The highest BCUT2D eigenvalue weighted by Crippen LogP contribution is 2.15. The largest absolute Gasteiger partial charge is 0.481 e. The molecule has 16 heavy (non-hydrogen) atoms. The molecule has 0 bridgehead atoms. The topological polar surface area (TPSA) is 69.6 Å². The molecule has 0 spiro atoms. The van der Waals surface area contributed by atoms with E-state index in [4.69, 9.17) is 5.11 Å². The van der Waals surface area contributed by atoms with Crippen molar-refractivity contribution in [1.82, 2.24) is 0 Å². The Morgan fingerprint density at radius 3 is 2.69 bits per heavy atom. The number of carbonyl (C=O) groups is 1. The smallest absolute Gasteiger partial charge is 0.306 e. The van der Waals surface area contributed by atoms with E-state index in [-0.39, 0.29) is 12.2 Å². The molecule has 0 amide bonds. The van der Waals surface area contributed by atoms with Crippen molar-refractivity contribution in [2.75, 3.05) is 11.9 Å². The van der Waals surface area contributed by atoms with Crippen LogP contribution in [0.2, 0.25) is 0 Å². The maximum absolute atomic E-state index is 13.2. The number of aliphatic carboxylic acids is 1. The molecule has 0 aliphatic carbocycles. The van der Waals surface area contributed by atoms with Crippen LogP contribution >= 0.6 is 0 Å². The van der Waals surface area contributed by atoms with E-state index in [0.29, 0.717) is 0 Å². The summed E-state index contributed by atoms with van der Waals surface area (Å²) in [4.78, 5) is 10.4. The molecule has 1 aromatic carbocycles. The monoisotopic (exact) mass is 227 g/mol. The number of aliphatic hydroxyl groups is 1. The molecule has 0 radical (unpaired) electrons. The van der Waals surface area contributed by atoms with Gasteiger partial charge in [0.05, 0.1) is 17.7 Å². The molecule has 88 valence electrons. The van der Waals surface area contributed by atoms with Crippen molar-refractivity contribution in [2.24, 2.45) is 0 Å². The fourth-order valence-electron chi connectivity index (χ4n) is 1.28. The van der Waals surface area contributed by atoms with Crippen molar-refractivity contribution in [3.63, 3.8) is 0 Å². The van der Waals surface area contributed by atoms with Gasteiger partial charge >= 0.3 is 5.97 Å². The van der Waals surface area contributed by atoms with Crippen LogP contribution in [0.4, 0.5) is 10.1 Å². The van der Waals surface area contributed by atoms with E-state index < -0.39 is 23.8 Å². The first-order valence-corrected chi connectivity index (χ1v) is 4.83. The lowest BCUT2D eigenvalue weighted by atomic mass is 10.0. The van der Waals surface area contributed by atoms with Crippen molar-refractivity contribution in [2.45, 2.75) is 18.9 Å². The maximum Gasteiger partial charge on any atom is 0.306 e. The number of hydrogen-bond donors (Lipinski definition) is 3. The molecule has 0 fully saturated rings. The second-order valence-corrected chi connectivity index (χ2v) is 3.90. The number of carboxylic acid groups (broad SMARTS) is 1. The van der Waals surface area contributed by atoms with Crippen LogP contribution in [0, 0.1) is 5.82 Å². The second kappa shape index (κ2) is 4.94. The van der Waals surface area contributed by atoms with Gasteiger partial charge in [0.25, 0.3) is 0 Å². The summed E-state index contributed by atoms with van der Waals surface area (Å²) in [5.74, 6) is -1.53. The summed E-state index contributed by atoms with van der Waals surface area (Å²) in [6.45, 7) is 1.36. The zero-order valence-corrected chi connectivity index (χ0v) is 8.90. The van der Waals surface area contributed by atoms with Gasteiger partial charge in [-0.3, -0.25) is 4.79 Å². The zero-order valence-electron chi connectivity index (χ0n) is 8.90. The Labute approximate surface area is 92.7 Å². The zero-order chi connectivity index (χ0) is 12.2. The predicted molar refractivity (Wildman–Crippen MR) is 57.8 cm³/mol. The number of rotatable bonds is 5. The van der Waals surface area contributed by atoms with E-state index in [1.807, 2.05) is 0 Å². The number of anilines is 1. The number of carboxylic acids is 1. The predicted octanol–water partition coefficient (Wildman–Crippen LogP) is 1.46. The molecule has 0 aliphatic rings. The average Bonchev–Trinajstić information content (AvgIpc) is 2.14. The molecule has 0 saturated heterocycles. The lowest BCUT2D eigenvalue weighted by Crippen LogP contribution is -2.36. The van der Waals surface area contributed by atoms with Crippen LogP contribution in [0.5, 0.6) is 0 Å². The Morgan fingerprint density at radius 1 is 1.50 bits per heavy atom. The van der Waals surface area contributed by atoms with Gasteiger partial charge in [-0.1, -0.05) is 12.1 Å². The van der Waals surface area contributed by atoms with Crippen LogP contribution in [-0.4, -0.2) is 28.3 Å². The first-order valence-electron chi connectivity index (χ1n) is 4.83. The molecular formula is C11H14FNO3. The highest BCUT2D eigenvalue weighted by atomic mass is 19.1. The molecule has 1 aromatic rings. The molecule has 0 heterocycles. The van der Waals surface area contributed by atoms with Crippen LogP contribution in [0.15, 0.2) is 24.3 Å². The van der Waals surface area contributed by atoms with Crippen molar-refractivity contribution in [3.05, 3.63) is 30.1 Å². The van der Waals surface area contributed by atoms with Gasteiger partial charge in [-0.2, -0.15) is 0 Å². The molecule has 0 aromatic heterocycles. The number of hydrogen-bond acceptors (Lipinski definition) is 3. The lowest BCUT2D eigenvalue weighted by molar-refractivity contribution is -0.141. The van der Waals surface area contributed by atoms with Crippen LogP contribution in [-0.2, 0) is 4.79 Å². The number of benzene rings is 1. The summed E-state index contributed by atoms with van der Waals surface area (Å²) >= 11 is 0. The molecule has 3 N–H and O–H groups in total. The number of para-hydroxylation sites is 1. The Hall–Kier alpha value is -1.62. The van der Waals surface area contributed by atoms with Gasteiger partial charge in [0.2, 0.25) is 0 Å². The Kier molecular flexibility index (Phi) is 3.84. The van der Waals surface area contributed by atoms with Crippen LogP contribution in [0.1, 0.15) is 13.3 Å². The van der Waals surface area contributed by atoms with Gasteiger partial charge in [0, 0.05) is 6.54 Å². The standard InChI is InChI=1S/C11H14FNO3/c1-11(16,6-10(14)15)7-13-9-5-3-2-4-8(9)12/h2-5,13,16H,6-7H2,1H3,(H,14,15). The van der Waals surface area contributed by atoms with Gasteiger partial charge in [-0.15, -0.1) is 0 Å². The summed E-state index contributed by atoms with van der Waals surface area (Å²) in [7, 11) is 0. The van der Waals surface area contributed by atoms with E-state index in [9.17, 15) is 14.3 Å². The van der Waals surface area contributed by atoms with E-state index in [2.05, 4.69) is 5.32 Å². The minimum Gasteiger partial charge on any atom is -0.481 e. The average molecular weight is 227 g/mol. The number of halogens is 1. The van der Waals surface area contributed by atoms with Gasteiger partial charge < -0.3 is 15.5 Å². The highest BCUT2D eigenvalue weighted by molar-refractivity contribution is 5.68. The third kappa shape index (κ3) is 3.86.